The summed E-state index contributed by atoms with van der Waals surface area (Å²) in [5.74, 6) is 0.835. The van der Waals surface area contributed by atoms with Crippen molar-refractivity contribution >= 4 is 23.4 Å². The summed E-state index contributed by atoms with van der Waals surface area (Å²) in [5, 5.41) is 1.90. The lowest BCUT2D eigenvalue weighted by Gasteiger charge is -2.34. The van der Waals surface area contributed by atoms with Gasteiger partial charge in [-0.1, -0.05) is 25.4 Å². The van der Waals surface area contributed by atoms with Gasteiger partial charge in [-0.25, -0.2) is 9.97 Å². The van der Waals surface area contributed by atoms with E-state index in [9.17, 15) is 0 Å². The van der Waals surface area contributed by atoms with Crippen molar-refractivity contribution in [3.63, 3.8) is 0 Å². The first-order chi connectivity index (χ1) is 8.02. The van der Waals surface area contributed by atoms with Crippen LogP contribution in [0.2, 0.25) is 5.15 Å². The molecule has 0 radical (unpaired) electrons. The van der Waals surface area contributed by atoms with Crippen LogP contribution in [0.4, 0.5) is 0 Å². The summed E-state index contributed by atoms with van der Waals surface area (Å²) >= 11 is 8.00. The Bertz CT molecular complexity index is 369. The minimum atomic E-state index is 0.542. The van der Waals surface area contributed by atoms with Crippen LogP contribution in [0.15, 0.2) is 6.07 Å². The van der Waals surface area contributed by atoms with E-state index in [1.54, 1.807) is 6.07 Å². The summed E-state index contributed by atoms with van der Waals surface area (Å²) in [6, 6.07) is 1.79. The van der Waals surface area contributed by atoms with Gasteiger partial charge >= 0.3 is 0 Å². The van der Waals surface area contributed by atoms with Gasteiger partial charge in [-0.2, -0.15) is 11.8 Å². The Kier molecular flexibility index (Phi) is 4.28. The lowest BCUT2D eigenvalue weighted by Crippen LogP contribution is -2.40. The highest BCUT2D eigenvalue weighted by Gasteiger charge is 2.22. The lowest BCUT2D eigenvalue weighted by atomic mass is 10.3. The van der Waals surface area contributed by atoms with Crippen LogP contribution in [0.3, 0.4) is 0 Å². The molecule has 17 heavy (non-hydrogen) atoms. The van der Waals surface area contributed by atoms with Crippen LogP contribution in [0.25, 0.3) is 0 Å². The lowest BCUT2D eigenvalue weighted by molar-refractivity contribution is 0.256. The summed E-state index contributed by atoms with van der Waals surface area (Å²) in [7, 11) is 0. The Morgan fingerprint density at radius 2 is 2.00 bits per heavy atom. The first-order valence-electron chi connectivity index (χ1n) is 5.91. The largest absolute Gasteiger partial charge is 0.294 e. The Balaban J connectivity index is 2.04. The summed E-state index contributed by atoms with van der Waals surface area (Å²) < 4.78 is 0. The van der Waals surface area contributed by atoms with Gasteiger partial charge in [-0.15, -0.1) is 0 Å². The third-order valence-electron chi connectivity index (χ3n) is 2.73. The van der Waals surface area contributed by atoms with E-state index in [2.05, 4.69) is 40.5 Å². The molecule has 1 aliphatic rings. The van der Waals surface area contributed by atoms with Gasteiger partial charge in [0.15, 0.2) is 0 Å². The fourth-order valence-electron chi connectivity index (χ4n) is 2.27. The van der Waals surface area contributed by atoms with Crippen molar-refractivity contribution in [3.05, 3.63) is 22.7 Å². The molecular formula is C12H18ClN3S. The van der Waals surface area contributed by atoms with Gasteiger partial charge in [0.05, 0.1) is 6.54 Å². The Hall–Kier alpha value is -0.320. The summed E-state index contributed by atoms with van der Waals surface area (Å²) in [6.07, 6.45) is 0. The molecule has 0 aliphatic carbocycles. The summed E-state index contributed by atoms with van der Waals surface area (Å²) in [5.41, 5.74) is 0.937. The van der Waals surface area contributed by atoms with E-state index in [0.29, 0.717) is 15.7 Å². The fraction of sp³-hybridized carbons (Fsp3) is 0.667. The van der Waals surface area contributed by atoms with Gasteiger partial charge in [0.1, 0.15) is 11.0 Å². The van der Waals surface area contributed by atoms with Gasteiger partial charge < -0.3 is 0 Å². The highest BCUT2D eigenvalue weighted by Crippen LogP contribution is 2.25. The third-order valence-corrected chi connectivity index (χ3v) is 4.15. The van der Waals surface area contributed by atoms with Gasteiger partial charge in [0, 0.05) is 29.3 Å². The second kappa shape index (κ2) is 5.55. The molecule has 2 heterocycles. The van der Waals surface area contributed by atoms with E-state index in [1.807, 2.05) is 6.92 Å². The zero-order chi connectivity index (χ0) is 12.4. The van der Waals surface area contributed by atoms with Crippen molar-refractivity contribution in [2.24, 2.45) is 0 Å². The van der Waals surface area contributed by atoms with E-state index >= 15 is 0 Å². The zero-order valence-corrected chi connectivity index (χ0v) is 12.1. The standard InChI is InChI=1S/C12H18ClN3S/c1-8-4-11(13)15-12(14-8)7-16-5-9(2)17-10(3)6-16/h4,9-10H,5-7H2,1-3H3. The predicted molar refractivity (Wildman–Crippen MR) is 73.6 cm³/mol. The van der Waals surface area contributed by atoms with Crippen molar-refractivity contribution in [2.75, 3.05) is 13.1 Å². The highest BCUT2D eigenvalue weighted by molar-refractivity contribution is 8.00. The molecule has 2 unspecified atom stereocenters. The molecule has 2 rings (SSSR count). The number of aromatic nitrogens is 2. The number of aryl methyl sites for hydroxylation is 1. The van der Waals surface area contributed by atoms with E-state index in [4.69, 9.17) is 11.6 Å². The summed E-state index contributed by atoms with van der Waals surface area (Å²) in [6.45, 7) is 9.51. The fourth-order valence-corrected chi connectivity index (χ4v) is 3.92. The van der Waals surface area contributed by atoms with E-state index < -0.39 is 0 Å². The molecule has 1 aliphatic heterocycles. The average Bonchev–Trinajstić information content (AvgIpc) is 2.13. The number of thioether (sulfide) groups is 1. The van der Waals surface area contributed by atoms with Crippen LogP contribution in [-0.2, 0) is 6.54 Å². The number of hydrogen-bond acceptors (Lipinski definition) is 4. The van der Waals surface area contributed by atoms with Crippen LogP contribution in [0.5, 0.6) is 0 Å². The normalized spacial score (nSPS) is 26.1. The molecule has 0 aromatic carbocycles. The first-order valence-corrected chi connectivity index (χ1v) is 7.23. The molecule has 94 valence electrons. The van der Waals surface area contributed by atoms with Crippen molar-refractivity contribution in [2.45, 2.75) is 37.8 Å². The van der Waals surface area contributed by atoms with Gasteiger partial charge in [0.25, 0.3) is 0 Å². The molecule has 0 saturated carbocycles. The van der Waals surface area contributed by atoms with Crippen molar-refractivity contribution in [3.8, 4) is 0 Å². The number of nitrogens with zero attached hydrogens (tertiary/aromatic N) is 3. The number of hydrogen-bond donors (Lipinski definition) is 0. The second-order valence-corrected chi connectivity index (χ2v) is 6.97. The molecule has 0 N–H and O–H groups in total. The molecule has 0 spiro atoms. The first kappa shape index (κ1) is 13.1. The van der Waals surface area contributed by atoms with Gasteiger partial charge in [0.2, 0.25) is 0 Å². The maximum atomic E-state index is 5.95. The zero-order valence-electron chi connectivity index (χ0n) is 10.5. The van der Waals surface area contributed by atoms with E-state index in [-0.39, 0.29) is 0 Å². The van der Waals surface area contributed by atoms with Gasteiger partial charge in [-0.05, 0) is 13.0 Å². The van der Waals surface area contributed by atoms with Crippen molar-refractivity contribution < 1.29 is 0 Å². The third kappa shape index (κ3) is 3.83. The maximum Gasteiger partial charge on any atom is 0.144 e. The molecule has 3 nitrogen and oxygen atoms in total. The Labute approximate surface area is 112 Å². The van der Waals surface area contributed by atoms with Crippen LogP contribution >= 0.6 is 23.4 Å². The summed E-state index contributed by atoms with van der Waals surface area (Å²) in [4.78, 5) is 11.1. The van der Waals surface area contributed by atoms with Crippen molar-refractivity contribution in [1.29, 1.82) is 0 Å². The highest BCUT2D eigenvalue weighted by atomic mass is 35.5. The van der Waals surface area contributed by atoms with E-state index in [0.717, 1.165) is 31.2 Å². The van der Waals surface area contributed by atoms with E-state index in [1.165, 1.54) is 0 Å². The van der Waals surface area contributed by atoms with Crippen LogP contribution in [0.1, 0.15) is 25.4 Å². The minimum absolute atomic E-state index is 0.542. The number of rotatable bonds is 2. The molecule has 5 heteroatoms. The minimum Gasteiger partial charge on any atom is -0.294 e. The average molecular weight is 272 g/mol. The Morgan fingerprint density at radius 1 is 1.35 bits per heavy atom. The van der Waals surface area contributed by atoms with Gasteiger partial charge in [-0.3, -0.25) is 4.90 Å². The molecule has 1 aromatic heterocycles. The molecule has 0 amide bonds. The Morgan fingerprint density at radius 3 is 2.59 bits per heavy atom. The quantitative estimate of drug-likeness (QED) is 0.774. The van der Waals surface area contributed by atoms with Crippen LogP contribution in [0, 0.1) is 6.92 Å². The molecule has 0 bridgehead atoms. The predicted octanol–water partition coefficient (Wildman–Crippen LogP) is 2.76. The molecule has 1 aromatic rings. The van der Waals surface area contributed by atoms with Crippen LogP contribution in [-0.4, -0.2) is 38.5 Å². The SMILES string of the molecule is Cc1cc(Cl)nc(CN2CC(C)SC(C)C2)n1. The topological polar surface area (TPSA) is 29.0 Å². The monoisotopic (exact) mass is 271 g/mol. The second-order valence-electron chi connectivity index (χ2n) is 4.70. The van der Waals surface area contributed by atoms with Crippen LogP contribution < -0.4 is 0 Å². The number of halogens is 1. The molecule has 1 saturated heterocycles. The molecule has 1 fully saturated rings. The molecular weight excluding hydrogens is 254 g/mol. The molecule has 2 atom stereocenters. The maximum absolute atomic E-state index is 5.95. The van der Waals surface area contributed by atoms with Crippen molar-refractivity contribution in [1.82, 2.24) is 14.9 Å². The smallest absolute Gasteiger partial charge is 0.144 e.